The summed E-state index contributed by atoms with van der Waals surface area (Å²) >= 11 is 0. The molecule has 0 aromatic heterocycles. The molecule has 0 aliphatic heterocycles. The quantitative estimate of drug-likeness (QED) is 0.302. The first-order chi connectivity index (χ1) is 15.2. The Labute approximate surface area is 192 Å². The highest BCUT2D eigenvalue weighted by molar-refractivity contribution is 5.71. The molecule has 3 rings (SSSR count). The molecule has 0 bridgehead atoms. The standard InChI is InChI=1S/C31H44/c1-4-6-8-9-10-12-26-13-15-28(16-14-26)30-21-23-31(24-22-30)29-19-17-27(18-20-29)25(3)11-7-5-2/h15,17-26H,4-14,16H2,1-3H3. The van der Waals surface area contributed by atoms with Crippen molar-refractivity contribution in [3.05, 3.63) is 65.7 Å². The topological polar surface area (TPSA) is 0 Å². The van der Waals surface area contributed by atoms with Crippen LogP contribution in [0.25, 0.3) is 16.7 Å². The SMILES string of the molecule is CCCCCCCC1CC=C(c2ccc(-c3ccc(C(C)CCCC)cc3)cc2)CC1. The third-order valence-corrected chi connectivity index (χ3v) is 7.29. The minimum atomic E-state index is 0.662. The number of allylic oxidation sites excluding steroid dienone is 2. The Morgan fingerprint density at radius 2 is 1.35 bits per heavy atom. The lowest BCUT2D eigenvalue weighted by molar-refractivity contribution is 0.423. The van der Waals surface area contributed by atoms with Gasteiger partial charge in [0.1, 0.15) is 0 Å². The average Bonchev–Trinajstić information content (AvgIpc) is 2.83. The minimum absolute atomic E-state index is 0.662. The molecule has 2 aromatic rings. The molecule has 1 aliphatic rings. The number of hydrogen-bond acceptors (Lipinski definition) is 0. The second-order valence-electron chi connectivity index (χ2n) is 9.82. The van der Waals surface area contributed by atoms with Gasteiger partial charge in [0, 0.05) is 0 Å². The van der Waals surface area contributed by atoms with Gasteiger partial charge in [-0.05, 0) is 65.3 Å². The lowest BCUT2D eigenvalue weighted by Crippen LogP contribution is -2.05. The smallest absolute Gasteiger partial charge is 0.0184 e. The molecule has 0 saturated heterocycles. The Bertz CT molecular complexity index is 778. The Kier molecular flexibility index (Phi) is 9.91. The number of rotatable bonds is 12. The van der Waals surface area contributed by atoms with Gasteiger partial charge in [0.05, 0.1) is 0 Å². The predicted molar refractivity (Wildman–Crippen MR) is 139 cm³/mol. The minimum Gasteiger partial charge on any atom is -0.0804 e. The van der Waals surface area contributed by atoms with Gasteiger partial charge in [-0.25, -0.2) is 0 Å². The van der Waals surface area contributed by atoms with Crippen LogP contribution in [0, 0.1) is 5.92 Å². The van der Waals surface area contributed by atoms with Crippen LogP contribution < -0.4 is 0 Å². The molecule has 168 valence electrons. The highest BCUT2D eigenvalue weighted by atomic mass is 14.2. The van der Waals surface area contributed by atoms with Crippen LogP contribution >= 0.6 is 0 Å². The Balaban J connectivity index is 1.52. The van der Waals surface area contributed by atoms with Crippen LogP contribution in [0.5, 0.6) is 0 Å². The normalized spacial score (nSPS) is 17.4. The molecule has 0 nitrogen and oxygen atoms in total. The molecule has 1 aliphatic carbocycles. The molecule has 31 heavy (non-hydrogen) atoms. The number of hydrogen-bond donors (Lipinski definition) is 0. The van der Waals surface area contributed by atoms with Crippen LogP contribution in [0.4, 0.5) is 0 Å². The summed E-state index contributed by atoms with van der Waals surface area (Å²) in [4.78, 5) is 0. The second kappa shape index (κ2) is 12.9. The molecule has 0 N–H and O–H groups in total. The van der Waals surface area contributed by atoms with Gasteiger partial charge < -0.3 is 0 Å². The van der Waals surface area contributed by atoms with Crippen molar-refractivity contribution in [1.82, 2.24) is 0 Å². The van der Waals surface area contributed by atoms with E-state index in [-0.39, 0.29) is 0 Å². The van der Waals surface area contributed by atoms with Crippen molar-refractivity contribution in [3.8, 4) is 11.1 Å². The van der Waals surface area contributed by atoms with Crippen molar-refractivity contribution in [1.29, 1.82) is 0 Å². The summed E-state index contributed by atoms with van der Waals surface area (Å²) in [5.74, 6) is 1.58. The molecule has 2 unspecified atom stereocenters. The van der Waals surface area contributed by atoms with Gasteiger partial charge in [-0.1, -0.05) is 127 Å². The van der Waals surface area contributed by atoms with Crippen molar-refractivity contribution < 1.29 is 0 Å². The maximum atomic E-state index is 2.53. The van der Waals surface area contributed by atoms with Crippen molar-refractivity contribution in [2.75, 3.05) is 0 Å². The summed E-state index contributed by atoms with van der Waals surface area (Å²) in [5.41, 5.74) is 7.13. The molecule has 0 heteroatoms. The van der Waals surface area contributed by atoms with Crippen molar-refractivity contribution in [2.45, 2.75) is 104 Å². The highest BCUT2D eigenvalue weighted by Gasteiger charge is 2.15. The van der Waals surface area contributed by atoms with Gasteiger partial charge in [0.2, 0.25) is 0 Å². The summed E-state index contributed by atoms with van der Waals surface area (Å²) in [6.45, 7) is 6.93. The van der Waals surface area contributed by atoms with Gasteiger partial charge in [-0.3, -0.25) is 0 Å². The predicted octanol–water partition coefficient (Wildman–Crippen LogP) is 10.2. The summed E-state index contributed by atoms with van der Waals surface area (Å²) < 4.78 is 0. The van der Waals surface area contributed by atoms with E-state index in [9.17, 15) is 0 Å². The molecule has 0 saturated carbocycles. The third-order valence-electron chi connectivity index (χ3n) is 7.29. The van der Waals surface area contributed by atoms with Crippen molar-refractivity contribution in [3.63, 3.8) is 0 Å². The number of benzene rings is 2. The van der Waals surface area contributed by atoms with E-state index >= 15 is 0 Å². The lowest BCUT2D eigenvalue weighted by Gasteiger charge is -2.22. The first-order valence-electron chi connectivity index (χ1n) is 13.1. The highest BCUT2D eigenvalue weighted by Crippen LogP contribution is 2.34. The van der Waals surface area contributed by atoms with E-state index in [0.29, 0.717) is 5.92 Å². The fourth-order valence-electron chi connectivity index (χ4n) is 5.01. The Hall–Kier alpha value is -1.82. The Morgan fingerprint density at radius 1 is 0.742 bits per heavy atom. The van der Waals surface area contributed by atoms with E-state index in [0.717, 1.165) is 5.92 Å². The number of unbranched alkanes of at least 4 members (excludes halogenated alkanes) is 5. The maximum Gasteiger partial charge on any atom is -0.0184 e. The lowest BCUT2D eigenvalue weighted by atomic mass is 9.83. The van der Waals surface area contributed by atoms with Gasteiger partial charge in [-0.2, -0.15) is 0 Å². The molecule has 0 fully saturated rings. The zero-order valence-electron chi connectivity index (χ0n) is 20.3. The van der Waals surface area contributed by atoms with E-state index in [2.05, 4.69) is 75.4 Å². The van der Waals surface area contributed by atoms with Gasteiger partial charge in [0.15, 0.2) is 0 Å². The first-order valence-corrected chi connectivity index (χ1v) is 13.1. The molecule has 2 atom stereocenters. The molecular weight excluding hydrogens is 372 g/mol. The van der Waals surface area contributed by atoms with E-state index in [1.807, 2.05) is 0 Å². The average molecular weight is 417 g/mol. The fraction of sp³-hybridized carbons (Fsp3) is 0.548. The van der Waals surface area contributed by atoms with E-state index < -0.39 is 0 Å². The van der Waals surface area contributed by atoms with E-state index in [4.69, 9.17) is 0 Å². The molecule has 0 heterocycles. The summed E-state index contributed by atoms with van der Waals surface area (Å²) in [6.07, 6.45) is 18.8. The van der Waals surface area contributed by atoms with Crippen molar-refractivity contribution >= 4 is 5.57 Å². The van der Waals surface area contributed by atoms with Crippen LogP contribution in [-0.4, -0.2) is 0 Å². The monoisotopic (exact) mass is 416 g/mol. The van der Waals surface area contributed by atoms with Crippen LogP contribution in [0.15, 0.2) is 54.6 Å². The van der Waals surface area contributed by atoms with Crippen LogP contribution in [0.3, 0.4) is 0 Å². The van der Waals surface area contributed by atoms with Crippen LogP contribution in [-0.2, 0) is 0 Å². The zero-order chi connectivity index (χ0) is 21.9. The zero-order valence-corrected chi connectivity index (χ0v) is 20.3. The van der Waals surface area contributed by atoms with Gasteiger partial charge >= 0.3 is 0 Å². The van der Waals surface area contributed by atoms with E-state index in [1.165, 1.54) is 99.3 Å². The first kappa shape index (κ1) is 23.8. The van der Waals surface area contributed by atoms with Crippen LogP contribution in [0.1, 0.15) is 115 Å². The molecular formula is C31H44. The molecule has 0 amide bonds. The van der Waals surface area contributed by atoms with Crippen molar-refractivity contribution in [2.24, 2.45) is 5.92 Å². The molecule has 0 spiro atoms. The van der Waals surface area contributed by atoms with Gasteiger partial charge in [-0.15, -0.1) is 0 Å². The largest absolute Gasteiger partial charge is 0.0804 e. The fourth-order valence-corrected chi connectivity index (χ4v) is 5.01. The summed E-state index contributed by atoms with van der Waals surface area (Å²) in [5, 5.41) is 0. The second-order valence-corrected chi connectivity index (χ2v) is 9.82. The maximum absolute atomic E-state index is 2.53. The van der Waals surface area contributed by atoms with Gasteiger partial charge in [0.25, 0.3) is 0 Å². The Morgan fingerprint density at radius 3 is 1.97 bits per heavy atom. The summed E-state index contributed by atoms with van der Waals surface area (Å²) in [7, 11) is 0. The molecule has 0 radical (unpaired) electrons. The third kappa shape index (κ3) is 7.37. The van der Waals surface area contributed by atoms with E-state index in [1.54, 1.807) is 5.57 Å². The van der Waals surface area contributed by atoms with Crippen LogP contribution in [0.2, 0.25) is 0 Å². The molecule has 2 aromatic carbocycles. The summed E-state index contributed by atoms with van der Waals surface area (Å²) in [6, 6.07) is 18.6.